The third kappa shape index (κ3) is 7.46. The van der Waals surface area contributed by atoms with Crippen molar-refractivity contribution in [1.82, 2.24) is 0 Å². The predicted molar refractivity (Wildman–Crippen MR) is 150 cm³/mol. The highest BCUT2D eigenvalue weighted by molar-refractivity contribution is 5.64. The minimum absolute atomic E-state index is 0.0161. The van der Waals surface area contributed by atoms with Gasteiger partial charge in [0.1, 0.15) is 17.2 Å². The highest BCUT2D eigenvalue weighted by Crippen LogP contribution is 2.42. The summed E-state index contributed by atoms with van der Waals surface area (Å²) in [6.45, 7) is 2.51. The lowest BCUT2D eigenvalue weighted by molar-refractivity contribution is -0.282. The maximum absolute atomic E-state index is 15.1. The number of rotatable bonds is 10. The molecular formula is C34H35F7O3. The fraction of sp³-hybridized carbons (Fsp3) is 0.471. The molecule has 10 heteroatoms. The van der Waals surface area contributed by atoms with Gasteiger partial charge in [-0.1, -0.05) is 44.0 Å². The van der Waals surface area contributed by atoms with Crippen molar-refractivity contribution in [3.05, 3.63) is 94.3 Å². The van der Waals surface area contributed by atoms with E-state index in [1.165, 1.54) is 0 Å². The minimum Gasteiger partial charge on any atom is -0.348 e. The third-order valence-electron chi connectivity index (χ3n) is 8.59. The largest absolute Gasteiger partial charge is 0.389 e. The fourth-order valence-corrected chi connectivity index (χ4v) is 6.10. The van der Waals surface area contributed by atoms with Crippen LogP contribution in [-0.2, 0) is 26.7 Å². The smallest absolute Gasteiger partial charge is 0.348 e. The Labute approximate surface area is 252 Å². The van der Waals surface area contributed by atoms with Crippen molar-refractivity contribution >= 4 is 0 Å². The molecule has 0 amide bonds. The lowest BCUT2D eigenvalue weighted by atomic mass is 9.79. The molecule has 1 aliphatic heterocycles. The van der Waals surface area contributed by atoms with E-state index in [9.17, 15) is 22.0 Å². The van der Waals surface area contributed by atoms with E-state index in [-0.39, 0.29) is 49.0 Å². The van der Waals surface area contributed by atoms with E-state index in [1.54, 1.807) is 12.1 Å². The molecule has 238 valence electrons. The van der Waals surface area contributed by atoms with Gasteiger partial charge < -0.3 is 14.2 Å². The molecule has 0 N–H and O–H groups in total. The summed E-state index contributed by atoms with van der Waals surface area (Å²) in [5.41, 5.74) is 0.389. The molecule has 5 rings (SSSR count). The Morgan fingerprint density at radius 2 is 1.32 bits per heavy atom. The van der Waals surface area contributed by atoms with Gasteiger partial charge in [0.05, 0.1) is 19.3 Å². The fourth-order valence-electron chi connectivity index (χ4n) is 6.10. The second-order valence-electron chi connectivity index (χ2n) is 11.7. The number of benzene rings is 3. The molecule has 1 aliphatic carbocycles. The predicted octanol–water partition coefficient (Wildman–Crippen LogP) is 9.77. The molecule has 0 atom stereocenters. The maximum Gasteiger partial charge on any atom is 0.389 e. The molecule has 0 unspecified atom stereocenters. The van der Waals surface area contributed by atoms with E-state index >= 15 is 8.78 Å². The van der Waals surface area contributed by atoms with E-state index in [2.05, 4.69) is 6.92 Å². The Morgan fingerprint density at radius 1 is 0.727 bits per heavy atom. The normalized spacial score (nSPS) is 22.7. The molecule has 1 heterocycles. The van der Waals surface area contributed by atoms with E-state index in [0.717, 1.165) is 55.5 Å². The zero-order chi connectivity index (χ0) is 31.4. The van der Waals surface area contributed by atoms with Crippen molar-refractivity contribution < 1.29 is 44.9 Å². The summed E-state index contributed by atoms with van der Waals surface area (Å²) in [5, 5.41) is 0. The van der Waals surface area contributed by atoms with Crippen LogP contribution >= 0.6 is 0 Å². The number of aryl methyl sites for hydroxylation is 1. The first-order valence-electron chi connectivity index (χ1n) is 15.1. The average Bonchev–Trinajstić information content (AvgIpc) is 3.00. The third-order valence-corrected chi connectivity index (χ3v) is 8.59. The zero-order valence-corrected chi connectivity index (χ0v) is 24.4. The molecule has 1 saturated carbocycles. The first-order valence-corrected chi connectivity index (χ1v) is 15.1. The standard InChI is InChI=1S/C34H35F7O3/c1-2-3-4-5-20-6-8-21(9-7-20)23-14-27(35)31(28(36)15-23)34(40,41)44-26-12-10-22(11-13-26)25-18-42-33(43-19-25)24-16-29(37)32(39)30(38)17-24/h6-9,14-17,22,25-26,33H,2-5,10-13,18-19H2,1H3. The van der Waals surface area contributed by atoms with Gasteiger partial charge in [0.25, 0.3) is 0 Å². The van der Waals surface area contributed by atoms with E-state index in [0.29, 0.717) is 18.4 Å². The summed E-state index contributed by atoms with van der Waals surface area (Å²) in [4.78, 5) is 0. The topological polar surface area (TPSA) is 27.7 Å². The number of halogens is 7. The highest BCUT2D eigenvalue weighted by Gasteiger charge is 2.43. The van der Waals surface area contributed by atoms with E-state index < -0.39 is 53.2 Å². The second-order valence-corrected chi connectivity index (χ2v) is 11.7. The molecular weight excluding hydrogens is 589 g/mol. The highest BCUT2D eigenvalue weighted by atomic mass is 19.3. The summed E-state index contributed by atoms with van der Waals surface area (Å²) < 4.78 is 117. The maximum atomic E-state index is 15.1. The molecule has 0 spiro atoms. The molecule has 0 radical (unpaired) electrons. The van der Waals surface area contributed by atoms with Crippen LogP contribution in [0.15, 0.2) is 48.5 Å². The Bertz CT molecular complexity index is 1370. The van der Waals surface area contributed by atoms with Crippen LogP contribution < -0.4 is 0 Å². The van der Waals surface area contributed by atoms with Crippen LogP contribution in [0.5, 0.6) is 0 Å². The molecule has 0 aromatic heterocycles. The SMILES string of the molecule is CCCCCc1ccc(-c2cc(F)c(C(F)(F)OC3CCC(C4COC(c5cc(F)c(F)c(F)c5)OC4)CC3)c(F)c2)cc1. The summed E-state index contributed by atoms with van der Waals surface area (Å²) in [6.07, 6.45) is -0.549. The number of hydrogen-bond donors (Lipinski definition) is 0. The van der Waals surface area contributed by atoms with Gasteiger partial charge in [0, 0.05) is 11.5 Å². The van der Waals surface area contributed by atoms with Crippen LogP contribution in [0.1, 0.15) is 74.8 Å². The van der Waals surface area contributed by atoms with Crippen molar-refractivity contribution in [2.24, 2.45) is 11.8 Å². The van der Waals surface area contributed by atoms with Crippen LogP contribution in [0.3, 0.4) is 0 Å². The van der Waals surface area contributed by atoms with Crippen molar-refractivity contribution in [1.29, 1.82) is 0 Å². The quantitative estimate of drug-likeness (QED) is 0.128. The van der Waals surface area contributed by atoms with Crippen LogP contribution in [-0.4, -0.2) is 19.3 Å². The lowest BCUT2D eigenvalue weighted by Crippen LogP contribution is -2.37. The van der Waals surface area contributed by atoms with Gasteiger partial charge in [-0.25, -0.2) is 22.0 Å². The molecule has 3 nitrogen and oxygen atoms in total. The second kappa shape index (κ2) is 14.0. The molecule has 3 aromatic rings. The van der Waals surface area contributed by atoms with Crippen molar-refractivity contribution in [3.63, 3.8) is 0 Å². The summed E-state index contributed by atoms with van der Waals surface area (Å²) in [5.74, 6) is -7.08. The number of ether oxygens (including phenoxy) is 3. The Kier molecular flexibility index (Phi) is 10.3. The van der Waals surface area contributed by atoms with E-state index in [4.69, 9.17) is 14.2 Å². The average molecular weight is 625 g/mol. The van der Waals surface area contributed by atoms with Crippen LogP contribution in [0.2, 0.25) is 0 Å². The molecule has 1 saturated heterocycles. The van der Waals surface area contributed by atoms with Crippen molar-refractivity contribution in [2.45, 2.75) is 76.8 Å². The Morgan fingerprint density at radius 3 is 1.89 bits per heavy atom. The molecule has 2 fully saturated rings. The summed E-state index contributed by atoms with van der Waals surface area (Å²) in [7, 11) is 0. The first-order chi connectivity index (χ1) is 21.1. The van der Waals surface area contributed by atoms with Crippen LogP contribution in [0.25, 0.3) is 11.1 Å². The number of alkyl halides is 2. The van der Waals surface area contributed by atoms with Crippen molar-refractivity contribution in [3.8, 4) is 11.1 Å². The van der Waals surface area contributed by atoms with Crippen LogP contribution in [0, 0.1) is 40.9 Å². The first kappa shape index (κ1) is 32.4. The number of unbranched alkanes of at least 4 members (excludes halogenated alkanes) is 2. The summed E-state index contributed by atoms with van der Waals surface area (Å²) >= 11 is 0. The van der Waals surface area contributed by atoms with Gasteiger partial charge >= 0.3 is 6.11 Å². The van der Waals surface area contributed by atoms with Gasteiger partial charge in [-0.3, -0.25) is 0 Å². The number of hydrogen-bond acceptors (Lipinski definition) is 3. The minimum atomic E-state index is -4.17. The zero-order valence-electron chi connectivity index (χ0n) is 24.4. The van der Waals surface area contributed by atoms with Gasteiger partial charge in [0.2, 0.25) is 0 Å². The molecule has 0 bridgehead atoms. The summed E-state index contributed by atoms with van der Waals surface area (Å²) in [6, 6.07) is 10.7. The Balaban J connectivity index is 1.15. The molecule has 2 aliphatic rings. The van der Waals surface area contributed by atoms with Gasteiger partial charge in [-0.15, -0.1) is 0 Å². The van der Waals surface area contributed by atoms with Crippen molar-refractivity contribution in [2.75, 3.05) is 13.2 Å². The van der Waals surface area contributed by atoms with Gasteiger partial charge in [0.15, 0.2) is 23.7 Å². The van der Waals surface area contributed by atoms with Crippen LogP contribution in [0.4, 0.5) is 30.7 Å². The van der Waals surface area contributed by atoms with Gasteiger partial charge in [-0.05, 0) is 85.4 Å². The Hall–Kier alpha value is -2.95. The van der Waals surface area contributed by atoms with E-state index in [1.807, 2.05) is 12.1 Å². The van der Waals surface area contributed by atoms with Gasteiger partial charge in [-0.2, -0.15) is 8.78 Å². The molecule has 44 heavy (non-hydrogen) atoms. The lowest BCUT2D eigenvalue weighted by Gasteiger charge is -2.38. The monoisotopic (exact) mass is 624 g/mol. The molecule has 3 aromatic carbocycles.